The molecule has 0 aliphatic rings. The summed E-state index contributed by atoms with van der Waals surface area (Å²) in [6, 6.07) is 0. The molecule has 14 heavy (non-hydrogen) atoms. The van der Waals surface area contributed by atoms with E-state index in [1.165, 1.54) is 6.42 Å². The van der Waals surface area contributed by atoms with Gasteiger partial charge in [-0.25, -0.2) is 0 Å². The van der Waals surface area contributed by atoms with Crippen molar-refractivity contribution in [3.05, 3.63) is 21.6 Å². The van der Waals surface area contributed by atoms with Crippen molar-refractivity contribution in [1.29, 1.82) is 0 Å². The van der Waals surface area contributed by atoms with E-state index in [2.05, 4.69) is 18.9 Å². The first-order valence-electron chi connectivity index (χ1n) is 5.47. The SMILES string of the molecule is CCCCc1[nH]n(C)c(=O)c1CCC. The summed E-state index contributed by atoms with van der Waals surface area (Å²) in [5.74, 6) is 0. The summed E-state index contributed by atoms with van der Waals surface area (Å²) in [5, 5.41) is 3.14. The molecule has 3 nitrogen and oxygen atoms in total. The summed E-state index contributed by atoms with van der Waals surface area (Å²) in [7, 11) is 1.79. The maximum atomic E-state index is 11.7. The smallest absolute Gasteiger partial charge is 0.269 e. The van der Waals surface area contributed by atoms with Crippen molar-refractivity contribution >= 4 is 0 Å². The zero-order valence-electron chi connectivity index (χ0n) is 9.39. The van der Waals surface area contributed by atoms with Crippen LogP contribution in [0.15, 0.2) is 4.79 Å². The average Bonchev–Trinajstić information content (AvgIpc) is 2.43. The minimum atomic E-state index is 0.151. The molecule has 1 N–H and O–H groups in total. The second-order valence-corrected chi connectivity index (χ2v) is 3.79. The molecule has 0 fully saturated rings. The van der Waals surface area contributed by atoms with Crippen LogP contribution in [0.5, 0.6) is 0 Å². The first kappa shape index (κ1) is 11.1. The van der Waals surface area contributed by atoms with E-state index in [9.17, 15) is 4.79 Å². The average molecular weight is 196 g/mol. The number of aromatic nitrogens is 2. The fourth-order valence-corrected chi connectivity index (χ4v) is 1.72. The predicted molar refractivity (Wildman–Crippen MR) is 58.6 cm³/mol. The third-order valence-corrected chi connectivity index (χ3v) is 2.51. The zero-order valence-corrected chi connectivity index (χ0v) is 9.39. The van der Waals surface area contributed by atoms with E-state index in [0.29, 0.717) is 0 Å². The third-order valence-electron chi connectivity index (χ3n) is 2.51. The van der Waals surface area contributed by atoms with Gasteiger partial charge in [0.05, 0.1) is 0 Å². The van der Waals surface area contributed by atoms with Crippen molar-refractivity contribution in [2.24, 2.45) is 7.05 Å². The molecule has 0 aliphatic carbocycles. The Morgan fingerprint density at radius 1 is 1.21 bits per heavy atom. The first-order chi connectivity index (χ1) is 6.70. The lowest BCUT2D eigenvalue weighted by atomic mass is 10.1. The van der Waals surface area contributed by atoms with Crippen molar-refractivity contribution in [3.63, 3.8) is 0 Å². The van der Waals surface area contributed by atoms with Crippen molar-refractivity contribution in [1.82, 2.24) is 9.78 Å². The topological polar surface area (TPSA) is 37.8 Å². The largest absolute Gasteiger partial charge is 0.300 e. The Kier molecular flexibility index (Phi) is 3.98. The van der Waals surface area contributed by atoms with Crippen LogP contribution in [-0.2, 0) is 19.9 Å². The number of hydrogen-bond acceptors (Lipinski definition) is 1. The molecule has 0 saturated heterocycles. The fourth-order valence-electron chi connectivity index (χ4n) is 1.72. The van der Waals surface area contributed by atoms with Crippen LogP contribution in [0, 0.1) is 0 Å². The Hall–Kier alpha value is -0.990. The van der Waals surface area contributed by atoms with Gasteiger partial charge in [0.2, 0.25) is 0 Å². The highest BCUT2D eigenvalue weighted by atomic mass is 16.1. The molecule has 1 rings (SSSR count). The molecule has 0 aromatic carbocycles. The molecule has 0 spiro atoms. The van der Waals surface area contributed by atoms with Crippen LogP contribution < -0.4 is 5.56 Å². The Balaban J connectivity index is 2.90. The molecule has 1 aromatic heterocycles. The molecule has 80 valence electrons. The van der Waals surface area contributed by atoms with Crippen molar-refractivity contribution in [2.75, 3.05) is 0 Å². The van der Waals surface area contributed by atoms with Gasteiger partial charge in [0.1, 0.15) is 0 Å². The number of nitrogens with zero attached hydrogens (tertiary/aromatic N) is 1. The summed E-state index contributed by atoms with van der Waals surface area (Å²) >= 11 is 0. The molecular weight excluding hydrogens is 176 g/mol. The summed E-state index contributed by atoms with van der Waals surface area (Å²) in [4.78, 5) is 11.7. The summed E-state index contributed by atoms with van der Waals surface area (Å²) in [6.07, 6.45) is 5.25. The van der Waals surface area contributed by atoms with Gasteiger partial charge in [-0.2, -0.15) is 0 Å². The first-order valence-corrected chi connectivity index (χ1v) is 5.47. The maximum Gasteiger partial charge on any atom is 0.269 e. The van der Waals surface area contributed by atoms with Crippen molar-refractivity contribution < 1.29 is 0 Å². The standard InChI is InChI=1S/C11H20N2O/c1-4-6-8-10-9(7-5-2)11(14)13(3)12-10/h12H,4-8H2,1-3H3. The number of aromatic amines is 1. The number of nitrogens with one attached hydrogen (secondary N) is 1. The molecule has 0 unspecified atom stereocenters. The normalized spacial score (nSPS) is 10.8. The molecule has 3 heteroatoms. The van der Waals surface area contributed by atoms with Crippen LogP contribution in [0.25, 0.3) is 0 Å². The molecule has 0 saturated carbocycles. The highest BCUT2D eigenvalue weighted by molar-refractivity contribution is 5.17. The molecule has 1 aromatic rings. The van der Waals surface area contributed by atoms with E-state index in [4.69, 9.17) is 0 Å². The molecule has 0 radical (unpaired) electrons. The van der Waals surface area contributed by atoms with E-state index in [1.807, 2.05) is 0 Å². The Morgan fingerprint density at radius 3 is 2.50 bits per heavy atom. The summed E-state index contributed by atoms with van der Waals surface area (Å²) in [6.45, 7) is 4.27. The Morgan fingerprint density at radius 2 is 1.93 bits per heavy atom. The van der Waals surface area contributed by atoms with Gasteiger partial charge < -0.3 is 0 Å². The summed E-state index contributed by atoms with van der Waals surface area (Å²) in [5.41, 5.74) is 2.28. The quantitative estimate of drug-likeness (QED) is 0.768. The summed E-state index contributed by atoms with van der Waals surface area (Å²) < 4.78 is 1.59. The number of rotatable bonds is 5. The lowest BCUT2D eigenvalue weighted by molar-refractivity contribution is 0.699. The molecule has 0 bridgehead atoms. The minimum absolute atomic E-state index is 0.151. The molecule has 1 heterocycles. The number of hydrogen-bond donors (Lipinski definition) is 1. The molecule has 0 aliphatic heterocycles. The Bertz CT molecular complexity index is 336. The Labute approximate surface area is 85.1 Å². The van der Waals surface area contributed by atoms with Crippen LogP contribution in [0.4, 0.5) is 0 Å². The van der Waals surface area contributed by atoms with Gasteiger partial charge in [0.25, 0.3) is 5.56 Å². The number of aryl methyl sites for hydroxylation is 2. The van der Waals surface area contributed by atoms with Crippen LogP contribution in [0.2, 0.25) is 0 Å². The fraction of sp³-hybridized carbons (Fsp3) is 0.727. The minimum Gasteiger partial charge on any atom is -0.300 e. The van der Waals surface area contributed by atoms with E-state index in [-0.39, 0.29) is 5.56 Å². The highest BCUT2D eigenvalue weighted by Crippen LogP contribution is 2.07. The van der Waals surface area contributed by atoms with E-state index >= 15 is 0 Å². The molecule has 0 atom stereocenters. The molecular formula is C11H20N2O. The van der Waals surface area contributed by atoms with Gasteiger partial charge in [-0.15, -0.1) is 0 Å². The zero-order chi connectivity index (χ0) is 10.6. The van der Waals surface area contributed by atoms with Gasteiger partial charge in [0.15, 0.2) is 0 Å². The lowest BCUT2D eigenvalue weighted by Crippen LogP contribution is -2.15. The number of unbranched alkanes of at least 4 members (excludes halogenated alkanes) is 1. The van der Waals surface area contributed by atoms with Crippen LogP contribution in [0.1, 0.15) is 44.4 Å². The van der Waals surface area contributed by atoms with Gasteiger partial charge >= 0.3 is 0 Å². The lowest BCUT2D eigenvalue weighted by Gasteiger charge is -1.98. The second-order valence-electron chi connectivity index (χ2n) is 3.79. The maximum absolute atomic E-state index is 11.7. The van der Waals surface area contributed by atoms with Gasteiger partial charge in [-0.3, -0.25) is 14.6 Å². The van der Waals surface area contributed by atoms with Crippen LogP contribution in [0.3, 0.4) is 0 Å². The van der Waals surface area contributed by atoms with Crippen molar-refractivity contribution in [2.45, 2.75) is 46.0 Å². The monoisotopic (exact) mass is 196 g/mol. The van der Waals surface area contributed by atoms with Crippen LogP contribution in [-0.4, -0.2) is 9.78 Å². The second kappa shape index (κ2) is 5.03. The van der Waals surface area contributed by atoms with E-state index < -0.39 is 0 Å². The van der Waals surface area contributed by atoms with E-state index in [1.54, 1.807) is 11.7 Å². The van der Waals surface area contributed by atoms with Gasteiger partial charge in [-0.05, 0) is 19.3 Å². The van der Waals surface area contributed by atoms with E-state index in [0.717, 1.165) is 36.9 Å². The van der Waals surface area contributed by atoms with Crippen LogP contribution >= 0.6 is 0 Å². The highest BCUT2D eigenvalue weighted by Gasteiger charge is 2.10. The van der Waals surface area contributed by atoms with Crippen molar-refractivity contribution in [3.8, 4) is 0 Å². The van der Waals surface area contributed by atoms with Gasteiger partial charge in [0, 0.05) is 18.3 Å². The number of H-pyrrole nitrogens is 1. The molecule has 0 amide bonds. The predicted octanol–water partition coefficient (Wildman–Crippen LogP) is 2.01. The van der Waals surface area contributed by atoms with Gasteiger partial charge in [-0.1, -0.05) is 26.7 Å². The third kappa shape index (κ3) is 2.28.